The molecule has 1 aromatic rings. The minimum Gasteiger partial charge on any atom is -0.508 e. The van der Waals surface area contributed by atoms with E-state index in [9.17, 15) is 13.5 Å². The average Bonchev–Trinajstić information content (AvgIpc) is 3.18. The van der Waals surface area contributed by atoms with Gasteiger partial charge in [0.25, 0.3) is 0 Å². The molecule has 0 saturated heterocycles. The van der Waals surface area contributed by atoms with Crippen molar-refractivity contribution in [2.45, 2.75) is 36.6 Å². The van der Waals surface area contributed by atoms with Gasteiger partial charge in [0.2, 0.25) is 10.0 Å². The molecule has 18 heavy (non-hydrogen) atoms. The molecule has 2 aliphatic rings. The smallest absolute Gasteiger partial charge is 0.240 e. The molecule has 0 aromatic heterocycles. The summed E-state index contributed by atoms with van der Waals surface area (Å²) < 4.78 is 27.3. The Balaban J connectivity index is 1.78. The molecule has 98 valence electrons. The average molecular weight is 267 g/mol. The molecule has 0 spiro atoms. The fourth-order valence-electron chi connectivity index (χ4n) is 2.36. The SMILES string of the molecule is O=S(=O)(NC(C1CC1)C1CC1)c1ccc(O)cc1. The van der Waals surface area contributed by atoms with Gasteiger partial charge in [0, 0.05) is 6.04 Å². The lowest BCUT2D eigenvalue weighted by Crippen LogP contribution is -2.38. The number of phenols is 1. The molecule has 0 amide bonds. The van der Waals surface area contributed by atoms with Crippen LogP contribution in [-0.4, -0.2) is 19.6 Å². The molecule has 0 atom stereocenters. The Morgan fingerprint density at radius 3 is 2.00 bits per heavy atom. The van der Waals surface area contributed by atoms with Crippen molar-refractivity contribution in [3.63, 3.8) is 0 Å². The highest BCUT2D eigenvalue weighted by molar-refractivity contribution is 7.89. The van der Waals surface area contributed by atoms with Crippen LogP contribution in [0.25, 0.3) is 0 Å². The van der Waals surface area contributed by atoms with Gasteiger partial charge < -0.3 is 5.11 Å². The van der Waals surface area contributed by atoms with Crippen molar-refractivity contribution in [1.82, 2.24) is 4.72 Å². The van der Waals surface area contributed by atoms with E-state index in [1.807, 2.05) is 0 Å². The molecular weight excluding hydrogens is 250 g/mol. The summed E-state index contributed by atoms with van der Waals surface area (Å²) in [5.74, 6) is 1.14. The summed E-state index contributed by atoms with van der Waals surface area (Å²) in [4.78, 5) is 0.228. The highest BCUT2D eigenvalue weighted by atomic mass is 32.2. The van der Waals surface area contributed by atoms with E-state index >= 15 is 0 Å². The predicted molar refractivity (Wildman–Crippen MR) is 67.7 cm³/mol. The van der Waals surface area contributed by atoms with E-state index in [1.54, 1.807) is 0 Å². The van der Waals surface area contributed by atoms with Crippen molar-refractivity contribution in [3.05, 3.63) is 24.3 Å². The second kappa shape index (κ2) is 4.24. The number of benzene rings is 1. The van der Waals surface area contributed by atoms with Crippen LogP contribution < -0.4 is 4.72 Å². The molecular formula is C13H17NO3S. The van der Waals surface area contributed by atoms with E-state index in [0.29, 0.717) is 11.8 Å². The molecule has 3 rings (SSSR count). The summed E-state index contributed by atoms with van der Waals surface area (Å²) in [5.41, 5.74) is 0. The first-order valence-electron chi connectivity index (χ1n) is 6.37. The van der Waals surface area contributed by atoms with E-state index in [4.69, 9.17) is 0 Å². The third kappa shape index (κ3) is 2.52. The van der Waals surface area contributed by atoms with Crippen LogP contribution in [0, 0.1) is 11.8 Å². The summed E-state index contributed by atoms with van der Waals surface area (Å²) in [7, 11) is -3.45. The summed E-state index contributed by atoms with van der Waals surface area (Å²) in [6, 6.07) is 5.79. The van der Waals surface area contributed by atoms with Gasteiger partial charge >= 0.3 is 0 Å². The van der Waals surface area contributed by atoms with Gasteiger partial charge in [0.1, 0.15) is 5.75 Å². The monoisotopic (exact) mass is 267 g/mol. The number of hydrogen-bond acceptors (Lipinski definition) is 3. The minimum atomic E-state index is -3.45. The fraction of sp³-hybridized carbons (Fsp3) is 0.538. The molecule has 0 bridgehead atoms. The van der Waals surface area contributed by atoms with E-state index in [0.717, 1.165) is 25.7 Å². The van der Waals surface area contributed by atoms with Gasteiger partial charge in [-0.1, -0.05) is 0 Å². The lowest BCUT2D eigenvalue weighted by Gasteiger charge is -2.17. The molecule has 2 N–H and O–H groups in total. The molecule has 0 radical (unpaired) electrons. The van der Waals surface area contributed by atoms with Gasteiger partial charge in [-0.15, -0.1) is 0 Å². The van der Waals surface area contributed by atoms with Gasteiger partial charge in [0.15, 0.2) is 0 Å². The number of phenolic OH excluding ortho intramolecular Hbond substituents is 1. The van der Waals surface area contributed by atoms with Crippen molar-refractivity contribution < 1.29 is 13.5 Å². The highest BCUT2D eigenvalue weighted by Crippen LogP contribution is 2.45. The Kier molecular flexibility index (Phi) is 2.83. The third-order valence-electron chi connectivity index (χ3n) is 3.70. The summed E-state index contributed by atoms with van der Waals surface area (Å²) in [5, 5.41) is 9.19. The quantitative estimate of drug-likeness (QED) is 0.855. The molecule has 5 heteroatoms. The van der Waals surface area contributed by atoms with Crippen LogP contribution in [0.5, 0.6) is 5.75 Å². The van der Waals surface area contributed by atoms with Crippen LogP contribution in [0.1, 0.15) is 25.7 Å². The van der Waals surface area contributed by atoms with E-state index in [1.165, 1.54) is 24.3 Å². The summed E-state index contributed by atoms with van der Waals surface area (Å²) in [6.07, 6.45) is 4.55. The van der Waals surface area contributed by atoms with Gasteiger partial charge in [-0.3, -0.25) is 0 Å². The second-order valence-corrected chi connectivity index (χ2v) is 7.03. The molecule has 2 saturated carbocycles. The number of rotatable bonds is 5. The number of nitrogens with one attached hydrogen (secondary N) is 1. The third-order valence-corrected chi connectivity index (χ3v) is 5.17. The second-order valence-electron chi connectivity index (χ2n) is 5.32. The first-order valence-corrected chi connectivity index (χ1v) is 7.86. The highest BCUT2D eigenvalue weighted by Gasteiger charge is 2.43. The predicted octanol–water partition coefficient (Wildman–Crippen LogP) is 1.86. The standard InChI is InChI=1S/C13H17NO3S/c15-11-5-7-12(8-6-11)18(16,17)14-13(9-1-2-9)10-3-4-10/h5-10,13-15H,1-4H2. The lowest BCUT2D eigenvalue weighted by atomic mass is 10.1. The first-order chi connectivity index (χ1) is 8.56. The van der Waals surface area contributed by atoms with Crippen LogP contribution in [0.2, 0.25) is 0 Å². The molecule has 2 aliphatic carbocycles. The van der Waals surface area contributed by atoms with Crippen LogP contribution in [0.15, 0.2) is 29.2 Å². The maximum Gasteiger partial charge on any atom is 0.240 e. The van der Waals surface area contributed by atoms with E-state index in [-0.39, 0.29) is 16.7 Å². The molecule has 0 unspecified atom stereocenters. The van der Waals surface area contributed by atoms with Crippen LogP contribution in [0.4, 0.5) is 0 Å². The van der Waals surface area contributed by atoms with Gasteiger partial charge in [0.05, 0.1) is 4.90 Å². The maximum atomic E-state index is 12.2. The van der Waals surface area contributed by atoms with Crippen LogP contribution in [-0.2, 0) is 10.0 Å². The lowest BCUT2D eigenvalue weighted by molar-refractivity contribution is 0.469. The van der Waals surface area contributed by atoms with E-state index < -0.39 is 10.0 Å². The number of sulfonamides is 1. The van der Waals surface area contributed by atoms with Gasteiger partial charge in [-0.25, -0.2) is 13.1 Å². The van der Waals surface area contributed by atoms with Crippen molar-refractivity contribution in [2.24, 2.45) is 11.8 Å². The molecule has 0 heterocycles. The first kappa shape index (κ1) is 12.0. The Hall–Kier alpha value is -1.07. The minimum absolute atomic E-state index is 0.0786. The zero-order valence-corrected chi connectivity index (χ0v) is 10.9. The Bertz CT molecular complexity index is 518. The van der Waals surface area contributed by atoms with Gasteiger partial charge in [-0.05, 0) is 61.8 Å². The number of aromatic hydroxyl groups is 1. The molecule has 4 nitrogen and oxygen atoms in total. The van der Waals surface area contributed by atoms with Gasteiger partial charge in [-0.2, -0.15) is 0 Å². The summed E-state index contributed by atoms with van der Waals surface area (Å²) >= 11 is 0. The van der Waals surface area contributed by atoms with Crippen molar-refractivity contribution in [3.8, 4) is 5.75 Å². The normalized spacial score (nSPS) is 20.3. The molecule has 1 aromatic carbocycles. The van der Waals surface area contributed by atoms with Crippen molar-refractivity contribution in [1.29, 1.82) is 0 Å². The van der Waals surface area contributed by atoms with Crippen LogP contribution >= 0.6 is 0 Å². The van der Waals surface area contributed by atoms with Crippen molar-refractivity contribution >= 4 is 10.0 Å². The number of hydrogen-bond donors (Lipinski definition) is 2. The topological polar surface area (TPSA) is 66.4 Å². The Morgan fingerprint density at radius 1 is 1.06 bits per heavy atom. The molecule has 2 fully saturated rings. The van der Waals surface area contributed by atoms with Crippen LogP contribution in [0.3, 0.4) is 0 Å². The Morgan fingerprint density at radius 2 is 1.56 bits per heavy atom. The zero-order valence-electron chi connectivity index (χ0n) is 10.0. The maximum absolute atomic E-state index is 12.2. The molecule has 0 aliphatic heterocycles. The van der Waals surface area contributed by atoms with Crippen molar-refractivity contribution in [2.75, 3.05) is 0 Å². The zero-order chi connectivity index (χ0) is 12.8. The summed E-state index contributed by atoms with van der Waals surface area (Å²) in [6.45, 7) is 0. The fourth-order valence-corrected chi connectivity index (χ4v) is 3.73. The van der Waals surface area contributed by atoms with E-state index in [2.05, 4.69) is 4.72 Å². The largest absolute Gasteiger partial charge is 0.508 e. The Labute approximate surface area is 107 Å².